The van der Waals surface area contributed by atoms with Crippen LogP contribution in [0.1, 0.15) is 99.3 Å². The molecule has 0 aromatic carbocycles. The Bertz CT molecular complexity index is 1340. The van der Waals surface area contributed by atoms with E-state index in [4.69, 9.17) is 18.9 Å². The third kappa shape index (κ3) is 6.70. The number of allylic oxidation sites excluding steroid dienone is 1. The predicted molar refractivity (Wildman–Crippen MR) is 195 cm³/mol. The molecule has 3 heterocycles. The maximum atomic E-state index is 11.9. The summed E-state index contributed by atoms with van der Waals surface area (Å²) in [5.74, 6) is 2.35. The Morgan fingerprint density at radius 2 is 1.57 bits per heavy atom. The van der Waals surface area contributed by atoms with Crippen LogP contribution in [-0.2, 0) is 18.9 Å². The van der Waals surface area contributed by atoms with Crippen molar-refractivity contribution < 1.29 is 54.7 Å². The van der Waals surface area contributed by atoms with Crippen molar-refractivity contribution in [3.05, 3.63) is 11.6 Å². The fourth-order valence-corrected chi connectivity index (χ4v) is 13.5. The summed E-state index contributed by atoms with van der Waals surface area (Å²) in [5.41, 5.74) is 1.49. The number of aliphatic hydroxyl groups is 7. The van der Waals surface area contributed by atoms with Crippen molar-refractivity contribution in [1.29, 1.82) is 0 Å². The second-order valence-electron chi connectivity index (χ2n) is 19.4. The van der Waals surface area contributed by atoms with Crippen molar-refractivity contribution in [3.63, 3.8) is 0 Å². The van der Waals surface area contributed by atoms with Gasteiger partial charge in [0.25, 0.3) is 0 Å². The summed E-state index contributed by atoms with van der Waals surface area (Å²) in [6.07, 6.45) is -2.74. The Morgan fingerprint density at radius 1 is 0.830 bits per heavy atom. The van der Waals surface area contributed by atoms with Crippen LogP contribution in [0.5, 0.6) is 0 Å². The van der Waals surface area contributed by atoms with Gasteiger partial charge in [0.15, 0.2) is 12.6 Å². The van der Waals surface area contributed by atoms with Crippen LogP contribution in [-0.4, -0.2) is 141 Å². The maximum Gasteiger partial charge on any atom is 0.187 e. The SMILES string of the molecule is C[C@H]1CC[C@@H]([C@@H](C)[C@H]2[C@@H](O)C[C@H]3[C@]4(C)CC=C5C[C@@H](O[C@@H]6O[C@H](CO)[C@@H](O)[C@H](O)[C@H]6O[C@@H]6O[C@@H](C)[C@H](O)[C@@H](O)[C@H]6O)CC[C@]5(C)[C@H]4CC[C@]23C)N(C)C1. The van der Waals surface area contributed by atoms with Gasteiger partial charge in [0, 0.05) is 12.6 Å². The first-order valence-corrected chi connectivity index (χ1v) is 20.7. The van der Waals surface area contributed by atoms with Crippen LogP contribution in [0.4, 0.5) is 0 Å². The van der Waals surface area contributed by atoms with Gasteiger partial charge in [0.2, 0.25) is 0 Å². The van der Waals surface area contributed by atoms with E-state index in [2.05, 4.69) is 52.6 Å². The van der Waals surface area contributed by atoms with Gasteiger partial charge in [0.1, 0.15) is 42.7 Å². The van der Waals surface area contributed by atoms with Gasteiger partial charge in [-0.3, -0.25) is 0 Å². The Labute approximate surface area is 315 Å². The molecular weight excluding hydrogens is 682 g/mol. The Morgan fingerprint density at radius 3 is 2.26 bits per heavy atom. The number of hydrogen-bond acceptors (Lipinski definition) is 12. The van der Waals surface area contributed by atoms with E-state index in [0.29, 0.717) is 30.2 Å². The monoisotopic (exact) mass is 751 g/mol. The van der Waals surface area contributed by atoms with Crippen molar-refractivity contribution in [2.75, 3.05) is 20.2 Å². The lowest BCUT2D eigenvalue weighted by Crippen LogP contribution is -2.64. The number of fused-ring (bicyclic) bond motifs is 5. The van der Waals surface area contributed by atoms with Crippen molar-refractivity contribution >= 4 is 0 Å². The van der Waals surface area contributed by atoms with E-state index in [1.165, 1.54) is 25.3 Å². The van der Waals surface area contributed by atoms with E-state index >= 15 is 0 Å². The summed E-state index contributed by atoms with van der Waals surface area (Å²) >= 11 is 0. The molecule has 4 aliphatic carbocycles. The molecule has 7 N–H and O–H groups in total. The summed E-state index contributed by atoms with van der Waals surface area (Å²) < 4.78 is 24.2. The smallest absolute Gasteiger partial charge is 0.187 e. The van der Waals surface area contributed by atoms with Crippen LogP contribution in [0.25, 0.3) is 0 Å². The summed E-state index contributed by atoms with van der Waals surface area (Å²) in [4.78, 5) is 2.56. The quantitative estimate of drug-likeness (QED) is 0.189. The molecule has 6 fully saturated rings. The van der Waals surface area contributed by atoms with E-state index in [-0.39, 0.29) is 34.4 Å². The molecule has 3 aliphatic heterocycles. The summed E-state index contributed by atoms with van der Waals surface area (Å²) in [5, 5.41) is 74.9. The van der Waals surface area contributed by atoms with Gasteiger partial charge in [-0.2, -0.15) is 0 Å². The van der Waals surface area contributed by atoms with Crippen LogP contribution in [0.3, 0.4) is 0 Å². The Balaban J connectivity index is 1.07. The van der Waals surface area contributed by atoms with Gasteiger partial charge >= 0.3 is 0 Å². The molecule has 0 amide bonds. The lowest BCUT2D eigenvalue weighted by molar-refractivity contribution is -0.369. The molecule has 304 valence electrons. The highest BCUT2D eigenvalue weighted by atomic mass is 16.8. The minimum absolute atomic E-state index is 0.0254. The van der Waals surface area contributed by atoms with Gasteiger partial charge in [0.05, 0.1) is 24.9 Å². The molecular formula is C41H69NO11. The lowest BCUT2D eigenvalue weighted by Gasteiger charge is -2.64. The summed E-state index contributed by atoms with van der Waals surface area (Å²) in [6, 6.07) is 0.510. The fourth-order valence-electron chi connectivity index (χ4n) is 13.5. The van der Waals surface area contributed by atoms with Crippen molar-refractivity contribution in [1.82, 2.24) is 4.90 Å². The predicted octanol–water partition coefficient (Wildman–Crippen LogP) is 2.33. The van der Waals surface area contributed by atoms with Crippen molar-refractivity contribution in [3.8, 4) is 0 Å². The van der Waals surface area contributed by atoms with Crippen molar-refractivity contribution in [2.45, 2.75) is 179 Å². The van der Waals surface area contributed by atoms with Gasteiger partial charge in [-0.1, -0.05) is 46.3 Å². The molecule has 0 spiro atoms. The molecule has 0 radical (unpaired) electrons. The first kappa shape index (κ1) is 40.5. The van der Waals surface area contributed by atoms with Gasteiger partial charge in [-0.05, 0) is 118 Å². The average molecular weight is 752 g/mol. The van der Waals surface area contributed by atoms with Gasteiger partial charge in [-0.15, -0.1) is 0 Å². The highest BCUT2D eigenvalue weighted by molar-refractivity contribution is 5.28. The van der Waals surface area contributed by atoms with Gasteiger partial charge in [-0.25, -0.2) is 0 Å². The maximum absolute atomic E-state index is 11.9. The van der Waals surface area contributed by atoms with Crippen molar-refractivity contribution in [2.24, 2.45) is 45.8 Å². The molecule has 12 nitrogen and oxygen atoms in total. The lowest BCUT2D eigenvalue weighted by atomic mass is 9.41. The number of likely N-dealkylation sites (tertiary alicyclic amines) is 1. The highest BCUT2D eigenvalue weighted by Gasteiger charge is 2.66. The van der Waals surface area contributed by atoms with E-state index < -0.39 is 68.0 Å². The third-order valence-corrected chi connectivity index (χ3v) is 16.3. The molecule has 7 rings (SSSR count). The zero-order valence-electron chi connectivity index (χ0n) is 33.0. The zero-order valence-corrected chi connectivity index (χ0v) is 33.0. The highest BCUT2D eigenvalue weighted by Crippen LogP contribution is 2.72. The molecule has 53 heavy (non-hydrogen) atoms. The topological polar surface area (TPSA) is 182 Å². The minimum atomic E-state index is -1.62. The van der Waals surface area contributed by atoms with E-state index in [1.54, 1.807) is 0 Å². The number of ether oxygens (including phenoxy) is 4. The largest absolute Gasteiger partial charge is 0.394 e. The first-order valence-electron chi connectivity index (χ1n) is 20.7. The van der Waals surface area contributed by atoms with Crippen LogP contribution in [0.2, 0.25) is 0 Å². The molecule has 0 aromatic rings. The molecule has 12 heteroatoms. The zero-order chi connectivity index (χ0) is 38.4. The van der Waals surface area contributed by atoms with E-state index in [1.807, 2.05) is 0 Å². The molecule has 0 aromatic heterocycles. The van der Waals surface area contributed by atoms with Crippen LogP contribution >= 0.6 is 0 Å². The minimum Gasteiger partial charge on any atom is -0.394 e. The van der Waals surface area contributed by atoms with Crippen LogP contribution in [0.15, 0.2) is 11.6 Å². The Hall–Kier alpha value is -0.740. The first-order chi connectivity index (χ1) is 24.9. The molecule has 7 aliphatic rings. The average Bonchev–Trinajstić information content (AvgIpc) is 3.39. The number of nitrogens with zero attached hydrogens (tertiary/aromatic N) is 1. The molecule has 0 bridgehead atoms. The van der Waals surface area contributed by atoms with Crippen LogP contribution < -0.4 is 0 Å². The standard InChI is InChI=1S/C41H69NO11/c1-20-8-9-25(42(7)18-20)21(2)30-26(44)17-29-40(5)13-10-23-16-24(11-14-39(23,4)28(40)12-15-41(29,30)6)51-38-36(34(48)32(46)27(19-43)52-38)53-37-35(49)33(47)31(45)22(3)50-37/h10,20-22,24-38,43-49H,8-9,11-19H2,1-7H3/t20-,21+,22-,24-,25-,26-,27+,28+,29-,30-,31-,32+,33+,34-,35+,36+,37-,38+,39-,40+,41-/m0/s1. The molecule has 0 unspecified atom stereocenters. The van der Waals surface area contributed by atoms with Gasteiger partial charge < -0.3 is 59.6 Å². The number of hydrogen-bond donors (Lipinski definition) is 7. The second-order valence-corrected chi connectivity index (χ2v) is 19.4. The van der Waals surface area contributed by atoms with E-state index in [9.17, 15) is 35.7 Å². The second kappa shape index (κ2) is 14.9. The van der Waals surface area contributed by atoms with E-state index in [0.717, 1.165) is 51.0 Å². The number of aliphatic hydroxyl groups excluding tert-OH is 7. The Kier molecular flexibility index (Phi) is 11.4. The number of piperidine rings is 1. The van der Waals surface area contributed by atoms with Crippen LogP contribution in [0, 0.1) is 45.8 Å². The molecule has 21 atom stereocenters. The normalized spacial score (nSPS) is 55.4. The number of rotatable bonds is 7. The summed E-state index contributed by atoms with van der Waals surface area (Å²) in [7, 11) is 2.28. The molecule has 3 saturated carbocycles. The third-order valence-electron chi connectivity index (χ3n) is 16.3. The molecule has 3 saturated heterocycles. The summed E-state index contributed by atoms with van der Waals surface area (Å²) in [6.45, 7) is 14.3. The fraction of sp³-hybridized carbons (Fsp3) is 0.951.